The largest absolute Gasteiger partial charge is 0.352 e. The molecule has 2 aromatic heterocycles. The van der Waals surface area contributed by atoms with Crippen LogP contribution in [0.15, 0.2) is 48.8 Å². The monoisotopic (exact) mass is 417 g/mol. The highest BCUT2D eigenvalue weighted by atomic mass is 19.1. The number of anilines is 1. The molecule has 1 atom stereocenters. The van der Waals surface area contributed by atoms with Gasteiger partial charge >= 0.3 is 0 Å². The predicted octanol–water partition coefficient (Wildman–Crippen LogP) is 3.70. The lowest BCUT2D eigenvalue weighted by molar-refractivity contribution is -0.133. The van der Waals surface area contributed by atoms with Gasteiger partial charge in [-0.15, -0.1) is 0 Å². The quantitative estimate of drug-likeness (QED) is 0.633. The lowest BCUT2D eigenvalue weighted by Gasteiger charge is -2.40. The van der Waals surface area contributed by atoms with Crippen LogP contribution in [-0.2, 0) is 11.2 Å². The normalized spacial score (nSPS) is 16.4. The fourth-order valence-electron chi connectivity index (χ4n) is 4.25. The third-order valence-corrected chi connectivity index (χ3v) is 5.77. The third-order valence-electron chi connectivity index (χ3n) is 5.77. The van der Waals surface area contributed by atoms with E-state index in [1.807, 2.05) is 41.0 Å². The molecular weight excluding hydrogens is 393 g/mol. The van der Waals surface area contributed by atoms with Crippen LogP contribution in [0.2, 0.25) is 0 Å². The van der Waals surface area contributed by atoms with Gasteiger partial charge in [0, 0.05) is 43.7 Å². The second-order valence-electron chi connectivity index (χ2n) is 7.86. The van der Waals surface area contributed by atoms with Crippen molar-refractivity contribution in [1.29, 1.82) is 5.26 Å². The van der Waals surface area contributed by atoms with Gasteiger partial charge in [0.1, 0.15) is 17.7 Å². The molecule has 6 nitrogen and oxygen atoms in total. The highest BCUT2D eigenvalue weighted by molar-refractivity contribution is 5.82. The zero-order chi connectivity index (χ0) is 21.8. The second-order valence-corrected chi connectivity index (χ2v) is 7.86. The Labute approximate surface area is 180 Å². The van der Waals surface area contributed by atoms with Gasteiger partial charge in [-0.25, -0.2) is 9.37 Å². The Kier molecular flexibility index (Phi) is 6.08. The van der Waals surface area contributed by atoms with E-state index in [1.165, 1.54) is 11.6 Å². The van der Waals surface area contributed by atoms with Gasteiger partial charge in [0.15, 0.2) is 0 Å². The van der Waals surface area contributed by atoms with Gasteiger partial charge in [0.05, 0.1) is 17.3 Å². The van der Waals surface area contributed by atoms with Gasteiger partial charge in [0.2, 0.25) is 5.91 Å². The fraction of sp³-hybridized carbons (Fsp3) is 0.333. The molecule has 1 aliphatic rings. The van der Waals surface area contributed by atoms with E-state index < -0.39 is 5.82 Å². The van der Waals surface area contributed by atoms with Crippen LogP contribution in [-0.4, -0.2) is 46.5 Å². The Balaban J connectivity index is 1.35. The van der Waals surface area contributed by atoms with E-state index in [9.17, 15) is 14.4 Å². The Morgan fingerprint density at radius 2 is 2.13 bits per heavy atom. The maximum atomic E-state index is 13.4. The standard InChI is InChI=1S/C24H24FN5O/c1-17-16-29(24-19(14-26)13-20(25)15-28-24)11-12-30(17)23(31)9-3-6-18-5-2-8-22-21(18)7-4-10-27-22/h2,4-5,7-8,10,13,15,17H,3,6,9,11-12,16H2,1H3/t17-/m0/s1. The Morgan fingerprint density at radius 3 is 2.94 bits per heavy atom. The molecule has 158 valence electrons. The molecule has 3 heterocycles. The Morgan fingerprint density at radius 1 is 1.26 bits per heavy atom. The minimum Gasteiger partial charge on any atom is -0.352 e. The molecular formula is C24H24FN5O. The summed E-state index contributed by atoms with van der Waals surface area (Å²) in [4.78, 5) is 25.2. The molecule has 1 amide bonds. The highest BCUT2D eigenvalue weighted by Crippen LogP contribution is 2.23. The Bertz CT molecular complexity index is 1140. The summed E-state index contributed by atoms with van der Waals surface area (Å²) in [6.07, 6.45) is 5.00. The molecule has 0 radical (unpaired) electrons. The van der Waals surface area contributed by atoms with Crippen molar-refractivity contribution >= 4 is 22.6 Å². The zero-order valence-electron chi connectivity index (χ0n) is 17.5. The molecule has 7 heteroatoms. The van der Waals surface area contributed by atoms with Crippen LogP contribution in [0.25, 0.3) is 10.9 Å². The summed E-state index contributed by atoms with van der Waals surface area (Å²) < 4.78 is 13.4. The first-order valence-electron chi connectivity index (χ1n) is 10.5. The topological polar surface area (TPSA) is 73.1 Å². The average molecular weight is 417 g/mol. The zero-order valence-corrected chi connectivity index (χ0v) is 17.5. The van der Waals surface area contributed by atoms with Crippen LogP contribution >= 0.6 is 0 Å². The summed E-state index contributed by atoms with van der Waals surface area (Å²) in [5, 5.41) is 10.4. The van der Waals surface area contributed by atoms with Gasteiger partial charge in [-0.3, -0.25) is 9.78 Å². The predicted molar refractivity (Wildman–Crippen MR) is 117 cm³/mol. The number of pyridine rings is 2. The van der Waals surface area contributed by atoms with Crippen LogP contribution in [0, 0.1) is 17.1 Å². The fourth-order valence-corrected chi connectivity index (χ4v) is 4.25. The van der Waals surface area contributed by atoms with Crippen LogP contribution in [0.5, 0.6) is 0 Å². The first-order chi connectivity index (χ1) is 15.1. The number of hydrogen-bond acceptors (Lipinski definition) is 5. The molecule has 1 saturated heterocycles. The smallest absolute Gasteiger partial charge is 0.222 e. The summed E-state index contributed by atoms with van der Waals surface area (Å²) in [6.45, 7) is 3.69. The molecule has 31 heavy (non-hydrogen) atoms. The van der Waals surface area contributed by atoms with Crippen molar-refractivity contribution in [1.82, 2.24) is 14.9 Å². The molecule has 0 N–H and O–H groups in total. The van der Waals surface area contributed by atoms with Gasteiger partial charge in [-0.05, 0) is 43.5 Å². The van der Waals surface area contributed by atoms with E-state index in [0.29, 0.717) is 31.9 Å². The van der Waals surface area contributed by atoms with E-state index in [0.717, 1.165) is 29.9 Å². The van der Waals surface area contributed by atoms with Crippen molar-refractivity contribution in [3.63, 3.8) is 0 Å². The van der Waals surface area contributed by atoms with Crippen molar-refractivity contribution in [2.75, 3.05) is 24.5 Å². The summed E-state index contributed by atoms with van der Waals surface area (Å²) in [7, 11) is 0. The van der Waals surface area contributed by atoms with Gasteiger partial charge in [-0.1, -0.05) is 18.2 Å². The van der Waals surface area contributed by atoms with Crippen molar-refractivity contribution in [2.45, 2.75) is 32.2 Å². The number of aryl methyl sites for hydroxylation is 1. The number of amides is 1. The number of nitriles is 1. The van der Waals surface area contributed by atoms with Crippen LogP contribution in [0.1, 0.15) is 30.9 Å². The number of carbonyl (C=O) groups excluding carboxylic acids is 1. The number of benzene rings is 1. The number of rotatable bonds is 5. The molecule has 0 aliphatic carbocycles. The van der Waals surface area contributed by atoms with Gasteiger partial charge in [-0.2, -0.15) is 5.26 Å². The molecule has 0 unspecified atom stereocenters. The molecule has 4 rings (SSSR count). The lowest BCUT2D eigenvalue weighted by atomic mass is 10.0. The van der Waals surface area contributed by atoms with E-state index in [4.69, 9.17) is 0 Å². The van der Waals surface area contributed by atoms with E-state index in [2.05, 4.69) is 22.1 Å². The molecule has 1 aliphatic heterocycles. The van der Waals surface area contributed by atoms with E-state index in [1.54, 1.807) is 6.20 Å². The maximum absolute atomic E-state index is 13.4. The van der Waals surface area contributed by atoms with Crippen molar-refractivity contribution in [2.24, 2.45) is 0 Å². The number of nitrogens with zero attached hydrogens (tertiary/aromatic N) is 5. The van der Waals surface area contributed by atoms with E-state index in [-0.39, 0.29) is 17.5 Å². The van der Waals surface area contributed by atoms with Crippen molar-refractivity contribution in [3.8, 4) is 6.07 Å². The maximum Gasteiger partial charge on any atom is 0.222 e. The van der Waals surface area contributed by atoms with E-state index >= 15 is 0 Å². The average Bonchev–Trinajstić information content (AvgIpc) is 2.79. The lowest BCUT2D eigenvalue weighted by Crippen LogP contribution is -2.54. The molecule has 0 saturated carbocycles. The third kappa shape index (κ3) is 4.48. The van der Waals surface area contributed by atoms with Crippen molar-refractivity contribution in [3.05, 3.63) is 65.7 Å². The summed E-state index contributed by atoms with van der Waals surface area (Å²) in [5.41, 5.74) is 2.40. The molecule has 0 bridgehead atoms. The van der Waals surface area contributed by atoms with Gasteiger partial charge in [0.25, 0.3) is 0 Å². The summed E-state index contributed by atoms with van der Waals surface area (Å²) in [5.74, 6) is 0.0923. The molecule has 0 spiro atoms. The number of piperazine rings is 1. The van der Waals surface area contributed by atoms with Gasteiger partial charge < -0.3 is 9.80 Å². The second kappa shape index (κ2) is 9.09. The molecule has 1 aromatic carbocycles. The number of aromatic nitrogens is 2. The van der Waals surface area contributed by atoms with Crippen LogP contribution in [0.4, 0.5) is 10.2 Å². The number of halogens is 1. The van der Waals surface area contributed by atoms with Crippen LogP contribution in [0.3, 0.4) is 0 Å². The number of fused-ring (bicyclic) bond motifs is 1. The SMILES string of the molecule is C[C@H]1CN(c2ncc(F)cc2C#N)CCN1C(=O)CCCc1cccc2ncccc12. The highest BCUT2D eigenvalue weighted by Gasteiger charge is 2.28. The first-order valence-corrected chi connectivity index (χ1v) is 10.5. The minimum atomic E-state index is -0.524. The molecule has 3 aromatic rings. The summed E-state index contributed by atoms with van der Waals surface area (Å²) >= 11 is 0. The first kappa shape index (κ1) is 20.7. The van der Waals surface area contributed by atoms with Crippen LogP contribution < -0.4 is 4.90 Å². The van der Waals surface area contributed by atoms with Crippen molar-refractivity contribution < 1.29 is 9.18 Å². The Hall–Kier alpha value is -3.53. The number of hydrogen-bond donors (Lipinski definition) is 0. The molecule has 1 fully saturated rings. The minimum absolute atomic E-state index is 0.0126. The summed E-state index contributed by atoms with van der Waals surface area (Å²) in [6, 6.07) is 13.3. The number of carbonyl (C=O) groups is 1.